The van der Waals surface area contributed by atoms with Crippen molar-refractivity contribution in [3.05, 3.63) is 81.4 Å². The summed E-state index contributed by atoms with van der Waals surface area (Å²) in [6.45, 7) is 3.45. The normalized spacial score (nSPS) is 20.8. The lowest BCUT2D eigenvalue weighted by molar-refractivity contribution is -0.668. The number of rotatable bonds is 10. The van der Waals surface area contributed by atoms with E-state index in [-0.39, 0.29) is 12.2 Å². The van der Waals surface area contributed by atoms with Crippen LogP contribution < -0.4 is 9.47 Å². The number of nitrogens with zero attached hydrogens (tertiary/aromatic N) is 2. The maximum Gasteiger partial charge on any atom is 0.263 e. The highest BCUT2D eigenvalue weighted by Crippen LogP contribution is 2.48. The number of benzene rings is 2. The van der Waals surface area contributed by atoms with E-state index in [1.165, 1.54) is 38.7 Å². The van der Waals surface area contributed by atoms with Gasteiger partial charge in [0.25, 0.3) is 5.01 Å². The van der Waals surface area contributed by atoms with E-state index >= 15 is 0 Å². The molecule has 1 aromatic heterocycles. The minimum absolute atomic E-state index is 0.262. The van der Waals surface area contributed by atoms with Crippen LogP contribution in [-0.2, 0) is 31.6 Å². The number of aryl methyl sites for hydroxylation is 1. The van der Waals surface area contributed by atoms with Crippen LogP contribution in [0.25, 0.3) is 16.3 Å². The summed E-state index contributed by atoms with van der Waals surface area (Å²) < 4.78 is 54.6. The summed E-state index contributed by atoms with van der Waals surface area (Å²) in [5.41, 5.74) is 6.09. The van der Waals surface area contributed by atoms with Gasteiger partial charge in [-0.05, 0) is 91.7 Å². The summed E-state index contributed by atoms with van der Waals surface area (Å²) in [5, 5.41) is 2.26. The van der Waals surface area contributed by atoms with Gasteiger partial charge in [0.15, 0.2) is 6.54 Å². The van der Waals surface area contributed by atoms with Crippen LogP contribution >= 0.6 is 35.1 Å². The zero-order valence-corrected chi connectivity index (χ0v) is 29.6. The number of thiazole rings is 1. The number of hydrogen-bond acceptors (Lipinski definition) is 9. The van der Waals surface area contributed by atoms with Gasteiger partial charge in [0.1, 0.15) is 4.70 Å². The summed E-state index contributed by atoms with van der Waals surface area (Å²) in [6, 6.07) is 12.3. The minimum atomic E-state index is -4.28. The minimum Gasteiger partial charge on any atom is -0.748 e. The summed E-state index contributed by atoms with van der Waals surface area (Å²) in [4.78, 5) is 5.34. The van der Waals surface area contributed by atoms with Gasteiger partial charge in [0.05, 0.1) is 27.9 Å². The molecule has 2 atom stereocenters. The van der Waals surface area contributed by atoms with Crippen molar-refractivity contribution < 1.29 is 25.9 Å². The Morgan fingerprint density at radius 2 is 1.98 bits per heavy atom. The summed E-state index contributed by atoms with van der Waals surface area (Å²) in [5.74, 6) is 0.166. The van der Waals surface area contributed by atoms with E-state index in [4.69, 9.17) is 4.18 Å². The van der Waals surface area contributed by atoms with Crippen molar-refractivity contribution in [2.75, 3.05) is 30.6 Å². The number of thioether (sulfide) groups is 1. The summed E-state index contributed by atoms with van der Waals surface area (Å²) in [7, 11) is -3.66. The van der Waals surface area contributed by atoms with E-state index in [1.54, 1.807) is 36.5 Å². The van der Waals surface area contributed by atoms with Crippen LogP contribution in [0.5, 0.6) is 0 Å². The van der Waals surface area contributed by atoms with E-state index in [2.05, 4.69) is 65.0 Å². The van der Waals surface area contributed by atoms with Crippen LogP contribution in [0.3, 0.4) is 0 Å². The molecule has 45 heavy (non-hydrogen) atoms. The van der Waals surface area contributed by atoms with Crippen LogP contribution in [0, 0.1) is 5.92 Å². The first-order valence-corrected chi connectivity index (χ1v) is 20.5. The Kier molecular flexibility index (Phi) is 10.1. The van der Waals surface area contributed by atoms with E-state index in [0.29, 0.717) is 12.5 Å². The van der Waals surface area contributed by atoms with Crippen LogP contribution in [-0.4, -0.2) is 42.8 Å². The van der Waals surface area contributed by atoms with Crippen molar-refractivity contribution in [3.63, 3.8) is 0 Å². The van der Waals surface area contributed by atoms with Gasteiger partial charge in [-0.25, -0.2) is 8.42 Å². The molecule has 0 saturated carbocycles. The number of aromatic nitrogens is 1. The first-order valence-electron chi connectivity index (χ1n) is 15.0. The average molecular weight is 701 g/mol. The van der Waals surface area contributed by atoms with E-state index in [9.17, 15) is 17.2 Å². The highest BCUT2D eigenvalue weighted by Gasteiger charge is 2.28. The molecule has 238 valence electrons. The van der Waals surface area contributed by atoms with Crippen molar-refractivity contribution in [2.45, 2.75) is 60.3 Å². The number of anilines is 1. The smallest absolute Gasteiger partial charge is 0.263 e. The Bertz CT molecular complexity index is 1890. The second kappa shape index (κ2) is 13.9. The quantitative estimate of drug-likeness (QED) is 0.123. The maximum absolute atomic E-state index is 12.1. The molecule has 1 aliphatic heterocycles. The Morgan fingerprint density at radius 3 is 2.73 bits per heavy atom. The predicted molar refractivity (Wildman–Crippen MR) is 186 cm³/mol. The van der Waals surface area contributed by atoms with E-state index in [1.807, 2.05) is 12.1 Å². The largest absolute Gasteiger partial charge is 0.748 e. The van der Waals surface area contributed by atoms with Crippen molar-refractivity contribution in [1.82, 2.24) is 0 Å². The summed E-state index contributed by atoms with van der Waals surface area (Å²) in [6.07, 6.45) is 15.5. The van der Waals surface area contributed by atoms with Crippen molar-refractivity contribution in [2.24, 2.45) is 5.92 Å². The van der Waals surface area contributed by atoms with Gasteiger partial charge in [-0.2, -0.15) is 4.57 Å². The Hall–Kier alpha value is -2.19. The lowest BCUT2D eigenvalue weighted by Crippen LogP contribution is -2.36. The zero-order chi connectivity index (χ0) is 31.7. The van der Waals surface area contributed by atoms with Crippen LogP contribution in [0.15, 0.2) is 91.1 Å². The molecule has 0 saturated heterocycles. The fraction of sp³-hybridized carbons (Fsp3) is 0.364. The Balaban J connectivity index is 1.30. The van der Waals surface area contributed by atoms with E-state index < -0.39 is 20.9 Å². The zero-order valence-electron chi connectivity index (χ0n) is 25.5. The third kappa shape index (κ3) is 7.53. The monoisotopic (exact) mass is 700 g/mol. The number of hydrogen-bond donors (Lipinski definition) is 0. The molecule has 0 spiro atoms. The molecule has 0 fully saturated rings. The topological polar surface area (TPSA) is 90.6 Å². The van der Waals surface area contributed by atoms with Crippen molar-refractivity contribution in [3.8, 4) is 0 Å². The molecule has 2 unspecified atom stereocenters. The molecular weight excluding hydrogens is 665 g/mol. The average Bonchev–Trinajstić information content (AvgIpc) is 3.52. The van der Waals surface area contributed by atoms with Crippen molar-refractivity contribution in [1.29, 1.82) is 0 Å². The van der Waals surface area contributed by atoms with Gasteiger partial charge in [0, 0.05) is 74.6 Å². The molecule has 0 N–H and O–H groups in total. The molecule has 3 aromatic rings. The third-order valence-corrected chi connectivity index (χ3v) is 12.9. The lowest BCUT2D eigenvalue weighted by atomic mass is 9.77. The van der Waals surface area contributed by atoms with E-state index in [0.717, 1.165) is 62.9 Å². The molecule has 2 heterocycles. The first kappa shape index (κ1) is 32.7. The van der Waals surface area contributed by atoms with Gasteiger partial charge < -0.3 is 13.6 Å². The van der Waals surface area contributed by atoms with Gasteiger partial charge in [-0.3, -0.25) is 4.21 Å². The molecule has 12 heteroatoms. The van der Waals surface area contributed by atoms with Crippen LogP contribution in [0.4, 0.5) is 5.69 Å². The Morgan fingerprint density at radius 1 is 1.16 bits per heavy atom. The van der Waals surface area contributed by atoms with Gasteiger partial charge in [0.2, 0.25) is 5.52 Å². The van der Waals surface area contributed by atoms with Crippen molar-refractivity contribution >= 4 is 78.0 Å². The van der Waals surface area contributed by atoms with Crippen LogP contribution in [0.1, 0.15) is 44.0 Å². The van der Waals surface area contributed by atoms with Gasteiger partial charge >= 0.3 is 0 Å². The molecule has 0 bridgehead atoms. The van der Waals surface area contributed by atoms with Gasteiger partial charge in [-0.1, -0.05) is 35.3 Å². The molecule has 7 nitrogen and oxygen atoms in total. The number of allylic oxidation sites excluding steroid dienone is 6. The molecule has 2 aromatic carbocycles. The molecule has 2 aliphatic carbocycles. The SMILES string of the molecule is CCN1/C(=C/C2=CC3=C/C(=C/c4sc5ccc(SOC)cc5[n+]4CCCS(=O)(=O)[O-])CCC3CC2)Sc2ccc(S(C)=O)cc21. The molecule has 6 rings (SSSR count). The van der Waals surface area contributed by atoms with Gasteiger partial charge in [-0.15, -0.1) is 0 Å². The fourth-order valence-electron chi connectivity index (χ4n) is 6.21. The molecule has 0 amide bonds. The number of fused-ring (bicyclic) bond motifs is 3. The second-order valence-corrected chi connectivity index (χ2v) is 17.4. The fourth-order valence-corrected chi connectivity index (χ4v) is 10.0. The lowest BCUT2D eigenvalue weighted by Gasteiger charge is -2.28. The first-order chi connectivity index (χ1) is 21.6. The highest BCUT2D eigenvalue weighted by molar-refractivity contribution is 8.03. The molecular formula is C33H36N2O5S5. The molecule has 0 radical (unpaired) electrons. The maximum atomic E-state index is 12.1. The summed E-state index contributed by atoms with van der Waals surface area (Å²) >= 11 is 4.75. The highest BCUT2D eigenvalue weighted by atomic mass is 32.2. The standard InChI is InChI=1S/C33H36N2O5S5/c1-4-34-29-21-27(44(3)36)11-13-31(29)41-32(34)18-22-6-8-24-9-7-23(17-25(24)16-22)19-33-35(14-5-15-45(37,38)39)28-20-26(43-40-2)10-12-30(28)42-33/h10-13,16-21,24H,4-9,14-15H2,1-3H3. The predicted octanol–water partition coefficient (Wildman–Crippen LogP) is 7.43. The second-order valence-electron chi connectivity index (χ2n) is 11.4. The third-order valence-electron chi connectivity index (χ3n) is 8.36. The Labute approximate surface area is 280 Å². The van der Waals surface area contributed by atoms with Crippen LogP contribution in [0.2, 0.25) is 0 Å². The molecule has 3 aliphatic rings.